The van der Waals surface area contributed by atoms with E-state index in [-0.39, 0.29) is 0 Å². The molecule has 40 heavy (non-hydrogen) atoms. The molecule has 2 aromatic rings. The molecule has 0 saturated heterocycles. The maximum Gasteiger partial charge on any atom is 0.430 e. The van der Waals surface area contributed by atoms with Crippen molar-refractivity contribution in [3.63, 3.8) is 0 Å². The van der Waals surface area contributed by atoms with Crippen molar-refractivity contribution >= 4 is 11.8 Å². The van der Waals surface area contributed by atoms with Crippen LogP contribution in [0.5, 0.6) is 0 Å². The number of carbonyl (C=O) groups excluding carboxylic acids is 2. The third-order valence-corrected chi connectivity index (χ3v) is 6.14. The number of halogens is 6. The van der Waals surface area contributed by atoms with Gasteiger partial charge in [0.2, 0.25) is 0 Å². The maximum absolute atomic E-state index is 14.0. The number of alkyl halides is 6. The molecule has 15 heteroatoms. The summed E-state index contributed by atoms with van der Waals surface area (Å²) in [7, 11) is 1.29. The van der Waals surface area contributed by atoms with Gasteiger partial charge in [-0.2, -0.15) is 26.3 Å². The van der Waals surface area contributed by atoms with Crippen LogP contribution in [-0.4, -0.2) is 85.1 Å². The fourth-order valence-electron chi connectivity index (χ4n) is 3.99. The fourth-order valence-corrected chi connectivity index (χ4v) is 3.99. The van der Waals surface area contributed by atoms with E-state index in [4.69, 9.17) is 0 Å². The van der Waals surface area contributed by atoms with Crippen LogP contribution >= 0.6 is 0 Å². The fraction of sp³-hybridized carbons (Fsp3) is 0.440. The molecule has 0 aliphatic rings. The van der Waals surface area contributed by atoms with Gasteiger partial charge in [0.15, 0.2) is 0 Å². The van der Waals surface area contributed by atoms with Gasteiger partial charge in [0.25, 0.3) is 23.0 Å². The summed E-state index contributed by atoms with van der Waals surface area (Å²) in [5, 5.41) is 34.1. The minimum Gasteiger partial charge on any atom is -0.388 e. The van der Waals surface area contributed by atoms with Crippen molar-refractivity contribution in [1.82, 2.24) is 10.6 Å². The quantitative estimate of drug-likeness (QED) is 0.239. The normalized spacial score (nSPS) is 16.9. The number of nitrogens with one attached hydrogen (secondary N) is 2. The number of carbonyl (C=O) groups is 2. The summed E-state index contributed by atoms with van der Waals surface area (Å²) in [4.78, 5) is 25.3. The standard InChI is InChI=1S/C25H28F6N2O7/c1-39-22(24(26,27)28,15-9-5-3-6-10-15)20(37)32-13-17(34)19(36)18(35)14-33-21(38)23(40-2,25(29,30)31)16-11-7-4-8-12-16/h3-12,17-19,34-36H,13-14H2,1-2H3,(H,32,37)(H,33,38)/t17-,18-,22-,23-/m0/s1. The first kappa shape index (κ1) is 33.0. The average molecular weight is 582 g/mol. The Bertz CT molecular complexity index is 1030. The van der Waals surface area contributed by atoms with Crippen molar-refractivity contribution in [3.8, 4) is 0 Å². The molecule has 0 aliphatic heterocycles. The number of amides is 2. The van der Waals surface area contributed by atoms with Gasteiger partial charge in [-0.25, -0.2) is 0 Å². The molecule has 0 spiro atoms. The summed E-state index contributed by atoms with van der Waals surface area (Å²) in [5.74, 6) is -3.50. The van der Waals surface area contributed by atoms with E-state index >= 15 is 0 Å². The molecule has 5 N–H and O–H groups in total. The Hall–Kier alpha value is -3.24. The minimum atomic E-state index is -5.26. The summed E-state index contributed by atoms with van der Waals surface area (Å²) < 4.78 is 92.9. The lowest BCUT2D eigenvalue weighted by atomic mass is 9.91. The number of aliphatic hydroxyl groups excluding tert-OH is 3. The number of rotatable bonds is 12. The monoisotopic (exact) mass is 582 g/mol. The number of benzene rings is 2. The molecule has 4 atom stereocenters. The zero-order chi connectivity index (χ0) is 30.4. The van der Waals surface area contributed by atoms with E-state index in [1.165, 1.54) is 36.4 Å². The second-order valence-electron chi connectivity index (χ2n) is 8.54. The van der Waals surface area contributed by atoms with Crippen LogP contribution in [-0.2, 0) is 30.3 Å². The lowest BCUT2D eigenvalue weighted by molar-refractivity contribution is -0.266. The predicted octanol–water partition coefficient (Wildman–Crippen LogP) is 1.51. The third kappa shape index (κ3) is 6.39. The topological polar surface area (TPSA) is 137 Å². The molecule has 0 radical (unpaired) electrons. The van der Waals surface area contributed by atoms with E-state index in [1.807, 2.05) is 0 Å². The molecule has 2 aromatic carbocycles. The van der Waals surface area contributed by atoms with Crippen LogP contribution in [0, 0.1) is 0 Å². The van der Waals surface area contributed by atoms with Gasteiger partial charge in [0.05, 0.1) is 12.2 Å². The van der Waals surface area contributed by atoms with Crippen molar-refractivity contribution in [2.24, 2.45) is 0 Å². The van der Waals surface area contributed by atoms with Gasteiger partial charge in [-0.15, -0.1) is 0 Å². The summed E-state index contributed by atoms with van der Waals surface area (Å²) >= 11 is 0. The first-order valence-electron chi connectivity index (χ1n) is 11.6. The van der Waals surface area contributed by atoms with E-state index in [2.05, 4.69) is 9.47 Å². The van der Waals surface area contributed by atoms with E-state index in [0.29, 0.717) is 14.2 Å². The lowest BCUT2D eigenvalue weighted by Crippen LogP contribution is -2.59. The van der Waals surface area contributed by atoms with Crippen LogP contribution in [0.4, 0.5) is 26.3 Å². The molecule has 0 heterocycles. The molecule has 0 fully saturated rings. The molecule has 222 valence electrons. The molecule has 0 bridgehead atoms. The Morgan fingerprint density at radius 1 is 0.675 bits per heavy atom. The van der Waals surface area contributed by atoms with Crippen molar-refractivity contribution in [1.29, 1.82) is 0 Å². The molecular formula is C25H28F6N2O7. The summed E-state index contributed by atoms with van der Waals surface area (Å²) in [6.45, 7) is -2.07. The van der Waals surface area contributed by atoms with Crippen LogP contribution in [0.3, 0.4) is 0 Å². The molecule has 0 aromatic heterocycles. The number of aliphatic hydroxyl groups is 3. The van der Waals surface area contributed by atoms with Gasteiger partial charge in [-0.3, -0.25) is 9.59 Å². The summed E-state index contributed by atoms with van der Waals surface area (Å²) in [6, 6.07) is 11.7. The average Bonchev–Trinajstić information content (AvgIpc) is 2.91. The highest BCUT2D eigenvalue weighted by atomic mass is 19.4. The molecule has 2 amide bonds. The molecule has 0 saturated carbocycles. The van der Waals surface area contributed by atoms with Gasteiger partial charge in [0.1, 0.15) is 6.10 Å². The molecular weight excluding hydrogens is 554 g/mol. The minimum absolute atomic E-state index is 0.579. The first-order chi connectivity index (χ1) is 18.6. The maximum atomic E-state index is 14.0. The van der Waals surface area contributed by atoms with Crippen molar-refractivity contribution in [3.05, 3.63) is 71.8 Å². The molecule has 0 unspecified atom stereocenters. The Balaban J connectivity index is 2.12. The highest BCUT2D eigenvalue weighted by molar-refractivity contribution is 5.88. The van der Waals surface area contributed by atoms with E-state index in [1.54, 1.807) is 10.6 Å². The summed E-state index contributed by atoms with van der Waals surface area (Å²) in [5.41, 5.74) is -8.12. The second-order valence-corrected chi connectivity index (χ2v) is 8.54. The van der Waals surface area contributed by atoms with E-state index in [9.17, 15) is 51.3 Å². The number of hydrogen-bond acceptors (Lipinski definition) is 7. The van der Waals surface area contributed by atoms with Gasteiger partial charge >= 0.3 is 12.4 Å². The van der Waals surface area contributed by atoms with Crippen LogP contribution in [0.25, 0.3) is 0 Å². The highest BCUT2D eigenvalue weighted by Crippen LogP contribution is 2.43. The zero-order valence-electron chi connectivity index (χ0n) is 21.2. The molecule has 2 rings (SSSR count). The van der Waals surface area contributed by atoms with Gasteiger partial charge in [-0.1, -0.05) is 60.7 Å². The van der Waals surface area contributed by atoms with Gasteiger partial charge in [-0.05, 0) is 0 Å². The highest BCUT2D eigenvalue weighted by Gasteiger charge is 2.63. The van der Waals surface area contributed by atoms with Crippen molar-refractivity contribution < 1.29 is 60.7 Å². The predicted molar refractivity (Wildman–Crippen MR) is 126 cm³/mol. The van der Waals surface area contributed by atoms with Crippen LogP contribution in [0.1, 0.15) is 11.1 Å². The summed E-state index contributed by atoms with van der Waals surface area (Å²) in [6.07, 6.45) is -17.0. The van der Waals surface area contributed by atoms with Gasteiger partial charge < -0.3 is 35.4 Å². The number of ether oxygens (including phenoxy) is 2. The van der Waals surface area contributed by atoms with Crippen molar-refractivity contribution in [2.45, 2.75) is 41.9 Å². The van der Waals surface area contributed by atoms with Gasteiger partial charge in [0, 0.05) is 38.4 Å². The smallest absolute Gasteiger partial charge is 0.388 e. The first-order valence-corrected chi connectivity index (χ1v) is 11.6. The zero-order valence-corrected chi connectivity index (χ0v) is 21.2. The Labute approximate surface area is 224 Å². The largest absolute Gasteiger partial charge is 0.430 e. The second kappa shape index (κ2) is 13.0. The SMILES string of the molecule is CO[C@](C(=O)NC[C@H](O)C(O)[C@@H](O)CNC(=O)[C@@](OC)(c1ccccc1)C(F)(F)F)(c1ccccc1)C(F)(F)F. The number of hydrogen-bond donors (Lipinski definition) is 5. The van der Waals surface area contributed by atoms with Crippen LogP contribution in [0.15, 0.2) is 60.7 Å². The van der Waals surface area contributed by atoms with E-state index in [0.717, 1.165) is 24.3 Å². The Morgan fingerprint density at radius 3 is 1.23 bits per heavy atom. The van der Waals surface area contributed by atoms with Crippen LogP contribution < -0.4 is 10.6 Å². The van der Waals surface area contributed by atoms with Crippen LogP contribution in [0.2, 0.25) is 0 Å². The molecule has 0 aliphatic carbocycles. The Morgan fingerprint density at radius 2 is 0.975 bits per heavy atom. The number of methoxy groups -OCH3 is 2. The molecule has 9 nitrogen and oxygen atoms in total. The Kier molecular flexibility index (Phi) is 10.7. The third-order valence-electron chi connectivity index (χ3n) is 6.14. The van der Waals surface area contributed by atoms with E-state index < -0.39 is 77.9 Å². The van der Waals surface area contributed by atoms with Crippen molar-refractivity contribution in [2.75, 3.05) is 27.3 Å². The lowest BCUT2D eigenvalue weighted by Gasteiger charge is -2.34.